The van der Waals surface area contributed by atoms with Crippen LogP contribution in [0, 0.1) is 6.92 Å². The van der Waals surface area contributed by atoms with E-state index < -0.39 is 16.1 Å². The number of benzene rings is 2. The third-order valence-electron chi connectivity index (χ3n) is 3.90. The van der Waals surface area contributed by atoms with Gasteiger partial charge in [0.15, 0.2) is 5.13 Å². The number of hydrogen-bond acceptors (Lipinski definition) is 5. The molecule has 27 heavy (non-hydrogen) atoms. The summed E-state index contributed by atoms with van der Waals surface area (Å²) in [5.41, 5.74) is 1.68. The zero-order chi connectivity index (χ0) is 19.3. The molecule has 3 aromatic rings. The Morgan fingerprint density at radius 2 is 1.81 bits per heavy atom. The molecule has 0 bridgehead atoms. The van der Waals surface area contributed by atoms with Gasteiger partial charge in [-0.2, -0.15) is 0 Å². The number of carbonyl (C=O) groups excluding carboxylic acids is 1. The van der Waals surface area contributed by atoms with E-state index in [2.05, 4.69) is 15.0 Å². The molecule has 0 aliphatic rings. The molecule has 2 aromatic carbocycles. The molecule has 3 rings (SSSR count). The highest BCUT2D eigenvalue weighted by atomic mass is 32.2. The highest BCUT2D eigenvalue weighted by molar-refractivity contribution is 7.89. The van der Waals surface area contributed by atoms with E-state index in [1.165, 1.54) is 11.3 Å². The molecule has 6 nitrogen and oxygen atoms in total. The number of aromatic nitrogens is 1. The molecule has 1 heterocycles. The van der Waals surface area contributed by atoms with Crippen LogP contribution in [-0.2, 0) is 14.8 Å². The lowest BCUT2D eigenvalue weighted by atomic mass is 10.0. The van der Waals surface area contributed by atoms with Crippen LogP contribution in [0.5, 0.6) is 0 Å². The van der Waals surface area contributed by atoms with Crippen molar-refractivity contribution in [2.45, 2.75) is 24.3 Å². The first-order valence-electron chi connectivity index (χ1n) is 8.27. The molecule has 0 saturated carbocycles. The number of hydrogen-bond donors (Lipinski definition) is 2. The van der Waals surface area contributed by atoms with Crippen LogP contribution in [0.3, 0.4) is 0 Å². The van der Waals surface area contributed by atoms with Crippen LogP contribution >= 0.6 is 11.3 Å². The van der Waals surface area contributed by atoms with E-state index in [-0.39, 0.29) is 17.2 Å². The first-order valence-corrected chi connectivity index (χ1v) is 10.6. The molecule has 0 aliphatic carbocycles. The highest BCUT2D eigenvalue weighted by Gasteiger charge is 2.24. The molecule has 0 radical (unpaired) electrons. The molecule has 0 saturated heterocycles. The van der Waals surface area contributed by atoms with Crippen LogP contribution in [0.2, 0.25) is 0 Å². The fourth-order valence-electron chi connectivity index (χ4n) is 2.53. The second-order valence-corrected chi connectivity index (χ2v) is 8.60. The zero-order valence-electron chi connectivity index (χ0n) is 14.6. The van der Waals surface area contributed by atoms with Crippen LogP contribution in [0.4, 0.5) is 5.13 Å². The smallest absolute Gasteiger partial charge is 0.241 e. The Bertz CT molecular complexity index is 986. The monoisotopic (exact) mass is 401 g/mol. The van der Waals surface area contributed by atoms with Gasteiger partial charge in [-0.15, -0.1) is 11.3 Å². The first-order chi connectivity index (χ1) is 12.9. The molecule has 8 heteroatoms. The third kappa shape index (κ3) is 5.22. The Labute approximate surface area is 162 Å². The van der Waals surface area contributed by atoms with E-state index in [1.54, 1.807) is 60.1 Å². The predicted molar refractivity (Wildman–Crippen MR) is 106 cm³/mol. The summed E-state index contributed by atoms with van der Waals surface area (Å²) < 4.78 is 28.2. The summed E-state index contributed by atoms with van der Waals surface area (Å²) in [5.74, 6) is -0.314. The number of nitrogens with zero attached hydrogens (tertiary/aromatic N) is 1. The maximum Gasteiger partial charge on any atom is 0.241 e. The van der Waals surface area contributed by atoms with Crippen LogP contribution in [0.15, 0.2) is 71.1 Å². The normalized spacial score (nSPS) is 12.5. The SMILES string of the molecule is Cc1ccc(S(=O)(=O)N[C@H](CC(=O)Nc2nccs2)c2ccccc2)cc1. The Hall–Kier alpha value is -2.55. The van der Waals surface area contributed by atoms with E-state index in [0.717, 1.165) is 5.56 Å². The quantitative estimate of drug-likeness (QED) is 0.634. The summed E-state index contributed by atoms with van der Waals surface area (Å²) >= 11 is 1.30. The molecular formula is C19H19N3O3S2. The number of anilines is 1. The summed E-state index contributed by atoms with van der Waals surface area (Å²) in [6.07, 6.45) is 1.55. The molecule has 1 amide bonds. The largest absolute Gasteiger partial charge is 0.302 e. The fourth-order valence-corrected chi connectivity index (χ4v) is 4.30. The third-order valence-corrected chi connectivity index (χ3v) is 6.07. The lowest BCUT2D eigenvalue weighted by Gasteiger charge is -2.19. The van der Waals surface area contributed by atoms with Gasteiger partial charge in [-0.25, -0.2) is 18.1 Å². The zero-order valence-corrected chi connectivity index (χ0v) is 16.3. The minimum absolute atomic E-state index is 0.0469. The number of nitrogens with one attached hydrogen (secondary N) is 2. The van der Waals surface area contributed by atoms with Crippen LogP contribution < -0.4 is 10.0 Å². The molecule has 0 unspecified atom stereocenters. The Balaban J connectivity index is 1.81. The first kappa shape index (κ1) is 19.2. The van der Waals surface area contributed by atoms with E-state index in [9.17, 15) is 13.2 Å². The average Bonchev–Trinajstić information content (AvgIpc) is 3.15. The molecular weight excluding hydrogens is 382 g/mol. The Morgan fingerprint density at radius 1 is 1.11 bits per heavy atom. The second-order valence-electron chi connectivity index (χ2n) is 5.99. The van der Waals surface area contributed by atoms with Crippen molar-refractivity contribution in [3.8, 4) is 0 Å². The predicted octanol–water partition coefficient (Wildman–Crippen LogP) is 3.50. The van der Waals surface area contributed by atoms with Crippen molar-refractivity contribution < 1.29 is 13.2 Å². The number of aryl methyl sites for hydroxylation is 1. The van der Waals surface area contributed by atoms with Crippen molar-refractivity contribution in [2.75, 3.05) is 5.32 Å². The van der Waals surface area contributed by atoms with Gasteiger partial charge in [0.2, 0.25) is 15.9 Å². The minimum Gasteiger partial charge on any atom is -0.302 e. The van der Waals surface area contributed by atoms with Crippen LogP contribution in [0.25, 0.3) is 0 Å². The number of sulfonamides is 1. The minimum atomic E-state index is -3.78. The molecule has 0 aliphatic heterocycles. The van der Waals surface area contributed by atoms with Gasteiger partial charge in [0.1, 0.15) is 0 Å². The summed E-state index contributed by atoms with van der Waals surface area (Å²) in [6.45, 7) is 1.89. The van der Waals surface area contributed by atoms with E-state index in [0.29, 0.717) is 10.7 Å². The van der Waals surface area contributed by atoms with Gasteiger partial charge in [-0.1, -0.05) is 48.0 Å². The summed E-state index contributed by atoms with van der Waals surface area (Å²) in [7, 11) is -3.78. The highest BCUT2D eigenvalue weighted by Crippen LogP contribution is 2.22. The van der Waals surface area contributed by atoms with Crippen LogP contribution in [0.1, 0.15) is 23.6 Å². The molecule has 1 atom stereocenters. The maximum atomic E-state index is 12.8. The van der Waals surface area contributed by atoms with Gasteiger partial charge in [-0.05, 0) is 24.6 Å². The van der Waals surface area contributed by atoms with Crippen molar-refractivity contribution in [2.24, 2.45) is 0 Å². The van der Waals surface area contributed by atoms with Crippen molar-refractivity contribution >= 4 is 32.4 Å². The molecule has 140 valence electrons. The van der Waals surface area contributed by atoms with Gasteiger partial charge in [0, 0.05) is 18.0 Å². The van der Waals surface area contributed by atoms with E-state index >= 15 is 0 Å². The molecule has 1 aromatic heterocycles. The second kappa shape index (κ2) is 8.43. The fraction of sp³-hybridized carbons (Fsp3) is 0.158. The van der Waals surface area contributed by atoms with Crippen LogP contribution in [-0.4, -0.2) is 19.3 Å². The Kier molecular flexibility index (Phi) is 6.00. The van der Waals surface area contributed by atoms with Crippen molar-refractivity contribution in [3.05, 3.63) is 77.3 Å². The van der Waals surface area contributed by atoms with Gasteiger partial charge >= 0.3 is 0 Å². The van der Waals surface area contributed by atoms with Gasteiger partial charge in [0.25, 0.3) is 0 Å². The van der Waals surface area contributed by atoms with Gasteiger partial charge < -0.3 is 5.32 Å². The number of rotatable bonds is 7. The molecule has 0 spiro atoms. The summed E-state index contributed by atoms with van der Waals surface area (Å²) in [6, 6.07) is 14.9. The topological polar surface area (TPSA) is 88.2 Å². The number of thiazole rings is 1. The standard InChI is InChI=1S/C19H19N3O3S2/c1-14-7-9-16(10-8-14)27(24,25)22-17(15-5-3-2-4-6-15)13-18(23)21-19-20-11-12-26-19/h2-12,17,22H,13H2,1H3,(H,20,21,23)/t17-/m1/s1. The van der Waals surface area contributed by atoms with Gasteiger partial charge in [-0.3, -0.25) is 4.79 Å². The van der Waals surface area contributed by atoms with Crippen molar-refractivity contribution in [1.82, 2.24) is 9.71 Å². The maximum absolute atomic E-state index is 12.8. The summed E-state index contributed by atoms with van der Waals surface area (Å²) in [5, 5.41) is 4.92. The molecule has 2 N–H and O–H groups in total. The summed E-state index contributed by atoms with van der Waals surface area (Å²) in [4.78, 5) is 16.6. The lowest BCUT2D eigenvalue weighted by Crippen LogP contribution is -2.31. The average molecular weight is 402 g/mol. The van der Waals surface area contributed by atoms with E-state index in [4.69, 9.17) is 0 Å². The lowest BCUT2D eigenvalue weighted by molar-refractivity contribution is -0.116. The van der Waals surface area contributed by atoms with Crippen molar-refractivity contribution in [1.29, 1.82) is 0 Å². The number of carbonyl (C=O) groups is 1. The van der Waals surface area contributed by atoms with E-state index in [1.807, 2.05) is 13.0 Å². The molecule has 0 fully saturated rings. The Morgan fingerprint density at radius 3 is 2.44 bits per heavy atom. The van der Waals surface area contributed by atoms with Crippen molar-refractivity contribution in [3.63, 3.8) is 0 Å². The van der Waals surface area contributed by atoms with Gasteiger partial charge in [0.05, 0.1) is 10.9 Å². The number of amides is 1.